The van der Waals surface area contributed by atoms with Crippen molar-refractivity contribution in [3.8, 4) is 16.9 Å². The fourth-order valence-corrected chi connectivity index (χ4v) is 3.46. The van der Waals surface area contributed by atoms with Gasteiger partial charge in [-0.2, -0.15) is 0 Å². The van der Waals surface area contributed by atoms with Crippen LogP contribution in [0, 0.1) is 0 Å². The number of aromatic nitrogens is 2. The summed E-state index contributed by atoms with van der Waals surface area (Å²) in [4.78, 5) is 16.5. The van der Waals surface area contributed by atoms with Crippen LogP contribution in [-0.4, -0.2) is 26.4 Å². The van der Waals surface area contributed by atoms with Gasteiger partial charge in [0.25, 0.3) is 5.56 Å². The lowest BCUT2D eigenvalue weighted by Crippen LogP contribution is -2.52. The number of aliphatic hydroxyl groups excluding tert-OH is 1. The minimum absolute atomic E-state index is 0.158. The minimum atomic E-state index is -0.872. The van der Waals surface area contributed by atoms with E-state index in [1.165, 1.54) is 6.07 Å². The minimum Gasteiger partial charge on any atom is -0.485 e. The van der Waals surface area contributed by atoms with Gasteiger partial charge in [-0.25, -0.2) is 0 Å². The highest BCUT2D eigenvalue weighted by Crippen LogP contribution is 2.42. The molecule has 2 atom stereocenters. The first-order valence-corrected chi connectivity index (χ1v) is 8.56. The third-order valence-electron chi connectivity index (χ3n) is 4.88. The second kappa shape index (κ2) is 6.11. The van der Waals surface area contributed by atoms with Crippen LogP contribution < -0.4 is 10.3 Å². The summed E-state index contributed by atoms with van der Waals surface area (Å²) in [5.41, 5.74) is 1.82. The molecule has 1 N–H and O–H groups in total. The molecule has 1 aliphatic heterocycles. The third kappa shape index (κ3) is 2.70. The van der Waals surface area contributed by atoms with Gasteiger partial charge in [-0.1, -0.05) is 12.1 Å². The van der Waals surface area contributed by atoms with E-state index in [4.69, 9.17) is 4.74 Å². The van der Waals surface area contributed by atoms with Gasteiger partial charge < -0.3 is 14.4 Å². The zero-order valence-electron chi connectivity index (χ0n) is 14.7. The quantitative estimate of drug-likeness (QED) is 0.773. The molecule has 0 amide bonds. The lowest BCUT2D eigenvalue weighted by atomic mass is 9.85. The molecule has 0 bridgehead atoms. The number of nitrogens with zero attached hydrogens (tertiary/aromatic N) is 2. The molecule has 5 nitrogen and oxygen atoms in total. The van der Waals surface area contributed by atoms with E-state index >= 15 is 0 Å². The molecule has 0 aliphatic carbocycles. The summed E-state index contributed by atoms with van der Waals surface area (Å²) in [6, 6.07) is 14.2. The summed E-state index contributed by atoms with van der Waals surface area (Å²) >= 11 is 0. The van der Waals surface area contributed by atoms with Crippen LogP contribution in [0.5, 0.6) is 5.75 Å². The van der Waals surface area contributed by atoms with Crippen molar-refractivity contribution < 1.29 is 9.84 Å². The summed E-state index contributed by atoms with van der Waals surface area (Å²) in [6.45, 7) is 3.66. The SMILES string of the molecule is CC1(C)Oc2ccc(-c3ccncc3)cc2[C@@H](n2ccccc2=O)[C@@H]1O. The van der Waals surface area contributed by atoms with Gasteiger partial charge >= 0.3 is 0 Å². The smallest absolute Gasteiger partial charge is 0.251 e. The molecule has 0 radical (unpaired) electrons. The Kier molecular flexibility index (Phi) is 3.89. The van der Waals surface area contributed by atoms with Crippen LogP contribution in [0.25, 0.3) is 11.1 Å². The van der Waals surface area contributed by atoms with Gasteiger partial charge in [0.1, 0.15) is 17.5 Å². The number of benzene rings is 1. The molecule has 0 saturated heterocycles. The van der Waals surface area contributed by atoms with E-state index < -0.39 is 17.7 Å². The molecule has 0 saturated carbocycles. The molecule has 3 aromatic rings. The molecule has 1 aromatic carbocycles. The van der Waals surface area contributed by atoms with Crippen molar-refractivity contribution in [2.75, 3.05) is 0 Å². The average molecular weight is 348 g/mol. The molecule has 0 unspecified atom stereocenters. The van der Waals surface area contributed by atoms with Crippen LogP contribution in [0.1, 0.15) is 25.5 Å². The van der Waals surface area contributed by atoms with Crippen LogP contribution in [-0.2, 0) is 0 Å². The molecular weight excluding hydrogens is 328 g/mol. The molecule has 1 aliphatic rings. The van der Waals surface area contributed by atoms with Crippen LogP contribution in [0.2, 0.25) is 0 Å². The largest absolute Gasteiger partial charge is 0.485 e. The van der Waals surface area contributed by atoms with Gasteiger partial charge in [0.15, 0.2) is 0 Å². The fraction of sp³-hybridized carbons (Fsp3) is 0.238. The Labute approximate surface area is 151 Å². The van der Waals surface area contributed by atoms with E-state index in [0.717, 1.165) is 16.7 Å². The van der Waals surface area contributed by atoms with Crippen molar-refractivity contribution in [1.29, 1.82) is 0 Å². The third-order valence-corrected chi connectivity index (χ3v) is 4.88. The maximum absolute atomic E-state index is 12.4. The molecule has 26 heavy (non-hydrogen) atoms. The molecule has 132 valence electrons. The standard InChI is InChI=1S/C21H20N2O3/c1-21(2)20(25)19(23-12-4-3-5-18(23)24)16-13-15(6-7-17(16)26-21)14-8-10-22-11-9-14/h3-13,19-20,25H,1-2H3/t19-,20+/m1/s1. The Hall–Kier alpha value is -2.92. The van der Waals surface area contributed by atoms with Crippen molar-refractivity contribution in [2.24, 2.45) is 0 Å². The first-order chi connectivity index (χ1) is 12.5. The van der Waals surface area contributed by atoms with Crippen molar-refractivity contribution in [2.45, 2.75) is 31.6 Å². The van der Waals surface area contributed by atoms with Crippen LogP contribution >= 0.6 is 0 Å². The van der Waals surface area contributed by atoms with Crippen LogP contribution in [0.15, 0.2) is 71.9 Å². The highest BCUT2D eigenvalue weighted by molar-refractivity contribution is 5.66. The number of fused-ring (bicyclic) bond motifs is 1. The molecule has 4 rings (SSSR count). The Morgan fingerprint density at radius 2 is 1.85 bits per heavy atom. The highest BCUT2D eigenvalue weighted by Gasteiger charge is 2.44. The van der Waals surface area contributed by atoms with E-state index in [1.54, 1.807) is 35.3 Å². The Balaban J connectivity index is 1.92. The van der Waals surface area contributed by atoms with Crippen molar-refractivity contribution in [3.05, 3.63) is 83.0 Å². The number of ether oxygens (including phenoxy) is 1. The fourth-order valence-electron chi connectivity index (χ4n) is 3.46. The van der Waals surface area contributed by atoms with Gasteiger partial charge in [-0.3, -0.25) is 9.78 Å². The van der Waals surface area contributed by atoms with Gasteiger partial charge in [0, 0.05) is 30.2 Å². The zero-order valence-corrected chi connectivity index (χ0v) is 14.7. The van der Waals surface area contributed by atoms with E-state index in [0.29, 0.717) is 5.75 Å². The molecule has 0 fully saturated rings. The lowest BCUT2D eigenvalue weighted by Gasteiger charge is -2.42. The predicted octanol–water partition coefficient (Wildman–Crippen LogP) is 3.03. The first kappa shape index (κ1) is 16.5. The average Bonchev–Trinajstić information content (AvgIpc) is 2.64. The summed E-state index contributed by atoms with van der Waals surface area (Å²) in [7, 11) is 0. The van der Waals surface area contributed by atoms with E-state index in [-0.39, 0.29) is 5.56 Å². The topological polar surface area (TPSA) is 64.4 Å². The molecule has 2 aromatic heterocycles. The summed E-state index contributed by atoms with van der Waals surface area (Å²) in [6.07, 6.45) is 4.31. The van der Waals surface area contributed by atoms with Crippen LogP contribution in [0.4, 0.5) is 0 Å². The zero-order chi connectivity index (χ0) is 18.3. The Morgan fingerprint density at radius 3 is 2.58 bits per heavy atom. The molecular formula is C21H20N2O3. The van der Waals surface area contributed by atoms with E-state index in [1.807, 2.05) is 44.2 Å². The second-order valence-electron chi connectivity index (χ2n) is 7.03. The highest BCUT2D eigenvalue weighted by atomic mass is 16.5. The van der Waals surface area contributed by atoms with Gasteiger partial charge in [0.2, 0.25) is 0 Å². The number of pyridine rings is 2. The van der Waals surface area contributed by atoms with Gasteiger partial charge in [-0.05, 0) is 55.3 Å². The van der Waals surface area contributed by atoms with Crippen LogP contribution in [0.3, 0.4) is 0 Å². The van der Waals surface area contributed by atoms with Crippen molar-refractivity contribution >= 4 is 0 Å². The summed E-state index contributed by atoms with van der Waals surface area (Å²) in [5.74, 6) is 0.679. The normalized spacial score (nSPS) is 20.9. The molecule has 5 heteroatoms. The van der Waals surface area contributed by atoms with Gasteiger partial charge in [0.05, 0.1) is 6.04 Å². The summed E-state index contributed by atoms with van der Waals surface area (Å²) in [5, 5.41) is 11.0. The first-order valence-electron chi connectivity index (χ1n) is 8.56. The predicted molar refractivity (Wildman–Crippen MR) is 99.2 cm³/mol. The molecule has 3 heterocycles. The number of hydrogen-bond acceptors (Lipinski definition) is 4. The van der Waals surface area contributed by atoms with Crippen molar-refractivity contribution in [1.82, 2.24) is 9.55 Å². The Morgan fingerprint density at radius 1 is 1.08 bits per heavy atom. The maximum atomic E-state index is 12.4. The second-order valence-corrected chi connectivity index (χ2v) is 7.03. The lowest BCUT2D eigenvalue weighted by molar-refractivity contribution is -0.0642. The van der Waals surface area contributed by atoms with Crippen molar-refractivity contribution in [3.63, 3.8) is 0 Å². The van der Waals surface area contributed by atoms with E-state index in [2.05, 4.69) is 4.98 Å². The molecule has 0 spiro atoms. The maximum Gasteiger partial charge on any atom is 0.251 e. The van der Waals surface area contributed by atoms with Gasteiger partial charge in [-0.15, -0.1) is 0 Å². The Bertz CT molecular complexity index is 995. The summed E-state index contributed by atoms with van der Waals surface area (Å²) < 4.78 is 7.61. The van der Waals surface area contributed by atoms with E-state index in [9.17, 15) is 9.90 Å². The number of hydrogen-bond donors (Lipinski definition) is 1. The number of rotatable bonds is 2. The number of aliphatic hydroxyl groups is 1. The monoisotopic (exact) mass is 348 g/mol.